The molecule has 0 aliphatic carbocycles. The molecule has 0 N–H and O–H groups in total. The van der Waals surface area contributed by atoms with E-state index in [0.29, 0.717) is 5.92 Å². The average molecular weight is 312 g/mol. The summed E-state index contributed by atoms with van der Waals surface area (Å²) in [6, 6.07) is 11.0. The third-order valence-corrected chi connectivity index (χ3v) is 5.21. The van der Waals surface area contributed by atoms with Crippen LogP contribution in [-0.2, 0) is 4.74 Å². The Hall–Kier alpha value is -1.94. The summed E-state index contributed by atoms with van der Waals surface area (Å²) >= 11 is 0. The monoisotopic (exact) mass is 312 g/mol. The summed E-state index contributed by atoms with van der Waals surface area (Å²) in [5, 5.41) is 0. The predicted molar refractivity (Wildman–Crippen MR) is 88.1 cm³/mol. The van der Waals surface area contributed by atoms with Crippen molar-refractivity contribution in [1.82, 2.24) is 4.98 Å². The van der Waals surface area contributed by atoms with Gasteiger partial charge in [-0.3, -0.25) is 4.98 Å². The van der Waals surface area contributed by atoms with Crippen LogP contribution in [0.25, 0.3) is 0 Å². The van der Waals surface area contributed by atoms with E-state index in [1.54, 1.807) is 12.1 Å². The lowest BCUT2D eigenvalue weighted by atomic mass is 9.83. The minimum absolute atomic E-state index is 0.00959. The van der Waals surface area contributed by atoms with Crippen molar-refractivity contribution >= 4 is 5.69 Å². The van der Waals surface area contributed by atoms with Crippen LogP contribution in [-0.4, -0.2) is 30.3 Å². The molecular formula is C19H21FN2O. The van der Waals surface area contributed by atoms with Crippen LogP contribution in [0.4, 0.5) is 10.1 Å². The molecule has 2 fully saturated rings. The maximum Gasteiger partial charge on any atom is 0.125 e. The van der Waals surface area contributed by atoms with Gasteiger partial charge in [0, 0.05) is 37.1 Å². The lowest BCUT2D eigenvalue weighted by molar-refractivity contribution is -0.0148. The fraction of sp³-hybridized carbons (Fsp3) is 0.421. The molecule has 0 unspecified atom stereocenters. The molecule has 3 nitrogen and oxygen atoms in total. The summed E-state index contributed by atoms with van der Waals surface area (Å²) < 4.78 is 19.6. The Balaban J connectivity index is 1.42. The lowest BCUT2D eigenvalue weighted by Gasteiger charge is -2.39. The van der Waals surface area contributed by atoms with Gasteiger partial charge in [-0.2, -0.15) is 0 Å². The Morgan fingerprint density at radius 2 is 2.04 bits per heavy atom. The first-order valence-corrected chi connectivity index (χ1v) is 8.29. The van der Waals surface area contributed by atoms with Crippen LogP contribution in [0, 0.1) is 5.82 Å². The van der Waals surface area contributed by atoms with E-state index >= 15 is 0 Å². The van der Waals surface area contributed by atoms with Crippen molar-refractivity contribution in [1.29, 1.82) is 0 Å². The first kappa shape index (κ1) is 14.6. The van der Waals surface area contributed by atoms with Gasteiger partial charge in [0.05, 0.1) is 12.2 Å². The Morgan fingerprint density at radius 3 is 2.78 bits per heavy atom. The molecule has 0 saturated carbocycles. The Labute approximate surface area is 136 Å². The highest BCUT2D eigenvalue weighted by atomic mass is 19.1. The van der Waals surface area contributed by atoms with Crippen molar-refractivity contribution in [3.05, 3.63) is 60.2 Å². The van der Waals surface area contributed by atoms with E-state index in [1.807, 2.05) is 24.5 Å². The number of piperidine rings is 1. The van der Waals surface area contributed by atoms with Crippen molar-refractivity contribution in [2.24, 2.45) is 0 Å². The molecule has 0 amide bonds. The van der Waals surface area contributed by atoms with Crippen molar-refractivity contribution in [3.63, 3.8) is 0 Å². The number of aromatic nitrogens is 1. The molecule has 2 aliphatic rings. The summed E-state index contributed by atoms with van der Waals surface area (Å²) in [7, 11) is 0. The molecule has 3 heterocycles. The molecule has 4 rings (SSSR count). The van der Waals surface area contributed by atoms with Gasteiger partial charge in [0.25, 0.3) is 0 Å². The largest absolute Gasteiger partial charge is 0.374 e. The minimum Gasteiger partial charge on any atom is -0.374 e. The van der Waals surface area contributed by atoms with Crippen LogP contribution in [0.3, 0.4) is 0 Å². The SMILES string of the molecule is Fc1cccc(N2CCC3(CC2)C[C@H](c2cccnc2)CO3)c1. The topological polar surface area (TPSA) is 25.4 Å². The molecule has 4 heteroatoms. The van der Waals surface area contributed by atoms with E-state index in [0.717, 1.165) is 44.6 Å². The van der Waals surface area contributed by atoms with Crippen molar-refractivity contribution in [3.8, 4) is 0 Å². The van der Waals surface area contributed by atoms with Gasteiger partial charge in [-0.05, 0) is 49.1 Å². The van der Waals surface area contributed by atoms with Gasteiger partial charge in [-0.25, -0.2) is 4.39 Å². The summed E-state index contributed by atoms with van der Waals surface area (Å²) in [6.07, 6.45) is 6.83. The van der Waals surface area contributed by atoms with E-state index in [2.05, 4.69) is 16.0 Å². The Bertz CT molecular complexity index is 668. The molecule has 1 atom stereocenters. The Kier molecular flexibility index (Phi) is 3.77. The molecule has 120 valence electrons. The highest BCUT2D eigenvalue weighted by Gasteiger charge is 2.43. The zero-order chi connectivity index (χ0) is 15.7. The number of hydrogen-bond acceptors (Lipinski definition) is 3. The van der Waals surface area contributed by atoms with Crippen LogP contribution < -0.4 is 4.90 Å². The highest BCUT2D eigenvalue weighted by molar-refractivity contribution is 5.47. The number of nitrogens with zero attached hydrogens (tertiary/aromatic N) is 2. The number of anilines is 1. The summed E-state index contributed by atoms with van der Waals surface area (Å²) in [5.41, 5.74) is 2.24. The molecular weight excluding hydrogens is 291 g/mol. The molecule has 1 spiro atoms. The van der Waals surface area contributed by atoms with Crippen molar-refractivity contribution < 1.29 is 9.13 Å². The van der Waals surface area contributed by atoms with Gasteiger partial charge in [0.2, 0.25) is 0 Å². The highest BCUT2D eigenvalue weighted by Crippen LogP contribution is 2.43. The number of rotatable bonds is 2. The van der Waals surface area contributed by atoms with E-state index < -0.39 is 0 Å². The van der Waals surface area contributed by atoms with Crippen LogP contribution in [0.15, 0.2) is 48.8 Å². The molecule has 0 radical (unpaired) electrons. The molecule has 1 aromatic carbocycles. The summed E-state index contributed by atoms with van der Waals surface area (Å²) in [5.74, 6) is 0.279. The van der Waals surface area contributed by atoms with Gasteiger partial charge in [-0.1, -0.05) is 12.1 Å². The van der Waals surface area contributed by atoms with Crippen LogP contribution in [0.1, 0.15) is 30.7 Å². The average Bonchev–Trinajstić information content (AvgIpc) is 3.00. The third-order valence-electron chi connectivity index (χ3n) is 5.21. The second kappa shape index (κ2) is 5.93. The second-order valence-corrected chi connectivity index (χ2v) is 6.65. The summed E-state index contributed by atoms with van der Waals surface area (Å²) in [6.45, 7) is 2.62. The number of ether oxygens (including phenoxy) is 1. The van der Waals surface area contributed by atoms with Crippen LogP contribution >= 0.6 is 0 Å². The molecule has 1 aromatic heterocycles. The third kappa shape index (κ3) is 2.95. The number of benzene rings is 1. The van der Waals surface area contributed by atoms with Gasteiger partial charge in [0.1, 0.15) is 5.82 Å². The van der Waals surface area contributed by atoms with E-state index in [9.17, 15) is 4.39 Å². The van der Waals surface area contributed by atoms with Crippen LogP contribution in [0.2, 0.25) is 0 Å². The number of halogens is 1. The van der Waals surface area contributed by atoms with E-state index in [-0.39, 0.29) is 11.4 Å². The van der Waals surface area contributed by atoms with E-state index in [4.69, 9.17) is 4.74 Å². The van der Waals surface area contributed by atoms with Gasteiger partial charge >= 0.3 is 0 Å². The molecule has 23 heavy (non-hydrogen) atoms. The Morgan fingerprint density at radius 1 is 1.17 bits per heavy atom. The quantitative estimate of drug-likeness (QED) is 0.844. The van der Waals surface area contributed by atoms with E-state index in [1.165, 1.54) is 11.6 Å². The lowest BCUT2D eigenvalue weighted by Crippen LogP contribution is -2.44. The molecule has 0 bridgehead atoms. The van der Waals surface area contributed by atoms with Gasteiger partial charge in [0.15, 0.2) is 0 Å². The first-order valence-electron chi connectivity index (χ1n) is 8.29. The minimum atomic E-state index is -0.170. The molecule has 2 saturated heterocycles. The van der Waals surface area contributed by atoms with Crippen LogP contribution in [0.5, 0.6) is 0 Å². The maximum absolute atomic E-state index is 13.4. The standard InChI is InChI=1S/C19H21FN2O/c20-17-4-1-5-18(11-17)22-9-6-19(7-10-22)12-16(14-23-19)15-3-2-8-21-13-15/h1-5,8,11,13,16H,6-7,9-10,12,14H2/t16-/m0/s1. The fourth-order valence-electron chi connectivity index (χ4n) is 3.87. The number of pyridine rings is 1. The van der Waals surface area contributed by atoms with Crippen molar-refractivity contribution in [2.45, 2.75) is 30.8 Å². The number of hydrogen-bond donors (Lipinski definition) is 0. The zero-order valence-electron chi connectivity index (χ0n) is 13.1. The smallest absolute Gasteiger partial charge is 0.125 e. The van der Waals surface area contributed by atoms with Crippen molar-refractivity contribution in [2.75, 3.05) is 24.6 Å². The second-order valence-electron chi connectivity index (χ2n) is 6.65. The normalized spacial score (nSPS) is 23.3. The molecule has 2 aliphatic heterocycles. The van der Waals surface area contributed by atoms with Gasteiger partial charge < -0.3 is 9.64 Å². The van der Waals surface area contributed by atoms with Gasteiger partial charge in [-0.15, -0.1) is 0 Å². The fourth-order valence-corrected chi connectivity index (χ4v) is 3.87. The predicted octanol–water partition coefficient (Wildman–Crippen LogP) is 3.76. The zero-order valence-corrected chi connectivity index (χ0v) is 13.1. The molecule has 2 aromatic rings. The maximum atomic E-state index is 13.4. The summed E-state index contributed by atoms with van der Waals surface area (Å²) in [4.78, 5) is 6.48. The first-order chi connectivity index (χ1) is 11.2.